The third kappa shape index (κ3) is 2.77. The topological polar surface area (TPSA) is 84.2 Å². The number of benzene rings is 1. The van der Waals surface area contributed by atoms with Crippen molar-refractivity contribution in [3.05, 3.63) is 23.8 Å². The van der Waals surface area contributed by atoms with Crippen molar-refractivity contribution in [2.75, 3.05) is 18.4 Å². The van der Waals surface area contributed by atoms with Gasteiger partial charge in [-0.2, -0.15) is 0 Å². The fraction of sp³-hybridized carbons (Fsp3) is 0.455. The number of nitrogens with two attached hydrogens (primary N) is 1. The van der Waals surface area contributed by atoms with Crippen LogP contribution in [0.1, 0.15) is 12.0 Å². The molecular weight excluding hydrogens is 238 g/mol. The van der Waals surface area contributed by atoms with Crippen molar-refractivity contribution < 1.29 is 8.42 Å². The van der Waals surface area contributed by atoms with Gasteiger partial charge < -0.3 is 10.6 Å². The molecule has 1 aliphatic rings. The third-order valence-electron chi connectivity index (χ3n) is 3.01. The molecule has 1 unspecified atom stereocenters. The number of sulfonamides is 1. The van der Waals surface area contributed by atoms with Gasteiger partial charge in [0.15, 0.2) is 0 Å². The zero-order valence-electron chi connectivity index (χ0n) is 9.73. The summed E-state index contributed by atoms with van der Waals surface area (Å²) in [6, 6.07) is 5.46. The van der Waals surface area contributed by atoms with Gasteiger partial charge in [0.05, 0.1) is 4.90 Å². The second-order valence-electron chi connectivity index (χ2n) is 4.31. The van der Waals surface area contributed by atoms with E-state index < -0.39 is 10.0 Å². The van der Waals surface area contributed by atoms with Crippen LogP contribution in [0.25, 0.3) is 0 Å². The van der Waals surface area contributed by atoms with Crippen LogP contribution in [0.4, 0.5) is 5.69 Å². The van der Waals surface area contributed by atoms with E-state index in [1.54, 1.807) is 13.0 Å². The Balaban J connectivity index is 2.29. The standard InChI is InChI=1S/C11H17N3O2S/c1-8-10(14-9-5-6-13-7-9)3-2-4-11(8)17(12,15)16/h2-4,9,13-14H,5-7H2,1H3,(H2,12,15,16). The van der Waals surface area contributed by atoms with Crippen LogP contribution in [-0.2, 0) is 10.0 Å². The van der Waals surface area contributed by atoms with E-state index in [1.807, 2.05) is 6.07 Å². The summed E-state index contributed by atoms with van der Waals surface area (Å²) in [5, 5.41) is 11.8. The second-order valence-corrected chi connectivity index (χ2v) is 5.84. The van der Waals surface area contributed by atoms with E-state index in [0.29, 0.717) is 11.6 Å². The minimum absolute atomic E-state index is 0.188. The normalized spacial score (nSPS) is 20.5. The van der Waals surface area contributed by atoms with Crippen LogP contribution in [0.2, 0.25) is 0 Å². The lowest BCUT2D eigenvalue weighted by Gasteiger charge is -2.16. The van der Waals surface area contributed by atoms with E-state index in [0.717, 1.165) is 25.2 Å². The molecule has 5 nitrogen and oxygen atoms in total. The quantitative estimate of drug-likeness (QED) is 0.730. The number of rotatable bonds is 3. The number of primary sulfonamides is 1. The second kappa shape index (κ2) is 4.64. The fourth-order valence-corrected chi connectivity index (χ4v) is 2.88. The Labute approximate surface area is 101 Å². The van der Waals surface area contributed by atoms with Crippen molar-refractivity contribution in [1.29, 1.82) is 0 Å². The maximum Gasteiger partial charge on any atom is 0.238 e. The van der Waals surface area contributed by atoms with Crippen LogP contribution < -0.4 is 15.8 Å². The molecule has 17 heavy (non-hydrogen) atoms. The van der Waals surface area contributed by atoms with Crippen molar-refractivity contribution in [3.63, 3.8) is 0 Å². The smallest absolute Gasteiger partial charge is 0.238 e. The Hall–Kier alpha value is -1.11. The average Bonchev–Trinajstić information content (AvgIpc) is 2.72. The first-order chi connectivity index (χ1) is 7.98. The van der Waals surface area contributed by atoms with Gasteiger partial charge in [-0.25, -0.2) is 13.6 Å². The zero-order chi connectivity index (χ0) is 12.5. The van der Waals surface area contributed by atoms with Crippen LogP contribution in [0.15, 0.2) is 23.1 Å². The SMILES string of the molecule is Cc1c(NC2CCNC2)cccc1S(N)(=O)=O. The molecule has 0 bridgehead atoms. The minimum Gasteiger partial charge on any atom is -0.381 e. The molecule has 0 aliphatic carbocycles. The molecule has 6 heteroatoms. The maximum atomic E-state index is 11.4. The van der Waals surface area contributed by atoms with Crippen molar-refractivity contribution in [3.8, 4) is 0 Å². The Kier molecular flexibility index (Phi) is 3.37. The molecule has 1 heterocycles. The van der Waals surface area contributed by atoms with Gasteiger partial charge in [0.1, 0.15) is 0 Å². The summed E-state index contributed by atoms with van der Waals surface area (Å²) in [7, 11) is -3.65. The molecule has 0 aromatic heterocycles. The molecule has 0 saturated carbocycles. The van der Waals surface area contributed by atoms with Gasteiger partial charge in [-0.3, -0.25) is 0 Å². The lowest BCUT2D eigenvalue weighted by atomic mass is 10.1. The summed E-state index contributed by atoms with van der Waals surface area (Å²) in [6.07, 6.45) is 1.04. The van der Waals surface area contributed by atoms with Crippen LogP contribution in [0.3, 0.4) is 0 Å². The zero-order valence-corrected chi connectivity index (χ0v) is 10.5. The summed E-state index contributed by atoms with van der Waals surface area (Å²) in [4.78, 5) is 0.188. The molecule has 1 aromatic carbocycles. The molecule has 1 aromatic rings. The highest BCUT2D eigenvalue weighted by molar-refractivity contribution is 7.89. The first kappa shape index (κ1) is 12.3. The van der Waals surface area contributed by atoms with Crippen molar-refractivity contribution in [2.45, 2.75) is 24.3 Å². The third-order valence-corrected chi connectivity index (χ3v) is 4.07. The van der Waals surface area contributed by atoms with Gasteiger partial charge in [-0.05, 0) is 37.6 Å². The minimum atomic E-state index is -3.65. The number of anilines is 1. The molecule has 0 amide bonds. The largest absolute Gasteiger partial charge is 0.381 e. The summed E-state index contributed by atoms with van der Waals surface area (Å²) >= 11 is 0. The van der Waals surface area contributed by atoms with Gasteiger partial charge in [0.25, 0.3) is 0 Å². The van der Waals surface area contributed by atoms with Gasteiger partial charge in [0, 0.05) is 18.3 Å². The molecule has 1 saturated heterocycles. The van der Waals surface area contributed by atoms with Gasteiger partial charge in [-0.1, -0.05) is 6.07 Å². The molecule has 1 aliphatic heterocycles. The molecule has 0 spiro atoms. The average molecular weight is 255 g/mol. The molecule has 4 N–H and O–H groups in total. The van der Waals surface area contributed by atoms with E-state index in [2.05, 4.69) is 10.6 Å². The van der Waals surface area contributed by atoms with Crippen LogP contribution >= 0.6 is 0 Å². The molecule has 2 rings (SSSR count). The molecule has 1 atom stereocenters. The van der Waals surface area contributed by atoms with Gasteiger partial charge >= 0.3 is 0 Å². The van der Waals surface area contributed by atoms with Gasteiger partial charge in [-0.15, -0.1) is 0 Å². The van der Waals surface area contributed by atoms with E-state index in [4.69, 9.17) is 5.14 Å². The van der Waals surface area contributed by atoms with Crippen LogP contribution in [-0.4, -0.2) is 27.5 Å². The van der Waals surface area contributed by atoms with E-state index in [9.17, 15) is 8.42 Å². The lowest BCUT2D eigenvalue weighted by molar-refractivity contribution is 0.597. The van der Waals surface area contributed by atoms with Gasteiger partial charge in [0.2, 0.25) is 10.0 Å². The summed E-state index contributed by atoms with van der Waals surface area (Å²) < 4.78 is 22.8. The predicted octanol–water partition coefficient (Wildman–Crippen LogP) is 0.416. The van der Waals surface area contributed by atoms with Crippen molar-refractivity contribution in [2.24, 2.45) is 5.14 Å². The highest BCUT2D eigenvalue weighted by Gasteiger charge is 2.18. The first-order valence-electron chi connectivity index (χ1n) is 5.58. The lowest BCUT2D eigenvalue weighted by Crippen LogP contribution is -2.23. The van der Waals surface area contributed by atoms with E-state index >= 15 is 0 Å². The molecule has 0 radical (unpaired) electrons. The fourth-order valence-electron chi connectivity index (χ4n) is 2.08. The number of hydrogen-bond donors (Lipinski definition) is 3. The Morgan fingerprint density at radius 3 is 2.82 bits per heavy atom. The molecular formula is C11H17N3O2S. The summed E-state index contributed by atoms with van der Waals surface area (Å²) in [5.74, 6) is 0. The summed E-state index contributed by atoms with van der Waals surface area (Å²) in [5.41, 5.74) is 1.52. The van der Waals surface area contributed by atoms with E-state index in [1.165, 1.54) is 6.07 Å². The Morgan fingerprint density at radius 2 is 2.24 bits per heavy atom. The van der Waals surface area contributed by atoms with Crippen LogP contribution in [0, 0.1) is 6.92 Å². The molecule has 94 valence electrons. The number of nitrogens with one attached hydrogen (secondary N) is 2. The first-order valence-corrected chi connectivity index (χ1v) is 7.13. The maximum absolute atomic E-state index is 11.4. The number of hydrogen-bond acceptors (Lipinski definition) is 4. The van der Waals surface area contributed by atoms with E-state index in [-0.39, 0.29) is 4.90 Å². The van der Waals surface area contributed by atoms with Crippen LogP contribution in [0.5, 0.6) is 0 Å². The molecule has 1 fully saturated rings. The highest BCUT2D eigenvalue weighted by atomic mass is 32.2. The Morgan fingerprint density at radius 1 is 1.47 bits per heavy atom. The highest BCUT2D eigenvalue weighted by Crippen LogP contribution is 2.23. The van der Waals surface area contributed by atoms with Crippen molar-refractivity contribution in [1.82, 2.24) is 5.32 Å². The monoisotopic (exact) mass is 255 g/mol. The predicted molar refractivity (Wildman–Crippen MR) is 67.4 cm³/mol. The van der Waals surface area contributed by atoms with Crippen molar-refractivity contribution >= 4 is 15.7 Å². The summed E-state index contributed by atoms with van der Waals surface area (Å²) in [6.45, 7) is 3.66. The Bertz CT molecular complexity index is 507.